The number of nitrogens with zero attached hydrogens (tertiary/aromatic N) is 4. The summed E-state index contributed by atoms with van der Waals surface area (Å²) in [5.41, 5.74) is 0.891. The molecular formula is C20H25ClN4O2. The molecule has 2 aromatic rings. The van der Waals surface area contributed by atoms with Crippen molar-refractivity contribution in [1.29, 1.82) is 0 Å². The van der Waals surface area contributed by atoms with E-state index < -0.39 is 0 Å². The lowest BCUT2D eigenvalue weighted by Crippen LogP contribution is -2.40. The molecule has 0 saturated heterocycles. The molecule has 1 aliphatic heterocycles. The Hall–Kier alpha value is -2.08. The quantitative estimate of drug-likeness (QED) is 0.790. The largest absolute Gasteiger partial charge is 0.346 e. The Kier molecular flexibility index (Phi) is 5.08. The number of carbonyl (C=O) groups is 1. The molecule has 1 saturated carbocycles. The van der Waals surface area contributed by atoms with Gasteiger partial charge in [0.05, 0.1) is 6.04 Å². The highest BCUT2D eigenvalue weighted by Crippen LogP contribution is 2.34. The Morgan fingerprint density at radius 2 is 2.00 bits per heavy atom. The van der Waals surface area contributed by atoms with Crippen molar-refractivity contribution in [3.8, 4) is 0 Å². The highest BCUT2D eigenvalue weighted by atomic mass is 35.5. The number of hydrogen-bond donors (Lipinski definition) is 0. The summed E-state index contributed by atoms with van der Waals surface area (Å²) in [5.74, 6) is 0.768. The molecule has 7 heteroatoms. The monoisotopic (exact) mass is 388 g/mol. The molecule has 2 aliphatic rings. The normalized spacial score (nSPS) is 17.9. The van der Waals surface area contributed by atoms with Crippen LogP contribution in [0.15, 0.2) is 29.1 Å². The summed E-state index contributed by atoms with van der Waals surface area (Å²) in [5, 5.41) is 5.14. The number of aromatic nitrogens is 3. The molecule has 1 amide bonds. The minimum absolute atomic E-state index is 0.00721. The molecule has 0 spiro atoms. The molecule has 1 atom stereocenters. The van der Waals surface area contributed by atoms with Crippen LogP contribution >= 0.6 is 11.6 Å². The van der Waals surface area contributed by atoms with Gasteiger partial charge in [-0.15, -0.1) is 0 Å². The number of fused-ring (bicyclic) bond motifs is 1. The van der Waals surface area contributed by atoms with E-state index >= 15 is 0 Å². The third-order valence-electron chi connectivity index (χ3n) is 5.56. The molecule has 27 heavy (non-hydrogen) atoms. The second kappa shape index (κ2) is 7.50. The maximum Gasteiger partial charge on any atom is 0.346 e. The van der Waals surface area contributed by atoms with E-state index in [1.54, 1.807) is 4.57 Å². The van der Waals surface area contributed by atoms with Gasteiger partial charge in [0, 0.05) is 24.0 Å². The second-order valence-electron chi connectivity index (χ2n) is 7.58. The van der Waals surface area contributed by atoms with E-state index in [9.17, 15) is 9.59 Å². The molecular weight excluding hydrogens is 364 g/mol. The van der Waals surface area contributed by atoms with Crippen molar-refractivity contribution in [1.82, 2.24) is 19.2 Å². The van der Waals surface area contributed by atoms with Crippen LogP contribution in [0.3, 0.4) is 0 Å². The van der Waals surface area contributed by atoms with E-state index in [1.807, 2.05) is 36.1 Å². The van der Waals surface area contributed by atoms with Gasteiger partial charge >= 0.3 is 5.69 Å². The van der Waals surface area contributed by atoms with Crippen molar-refractivity contribution in [2.75, 3.05) is 0 Å². The lowest BCUT2D eigenvalue weighted by molar-refractivity contribution is -0.135. The summed E-state index contributed by atoms with van der Waals surface area (Å²) in [6.07, 6.45) is 6.00. The second-order valence-corrected chi connectivity index (χ2v) is 8.01. The molecule has 6 nitrogen and oxygen atoms in total. The zero-order chi connectivity index (χ0) is 19.0. The van der Waals surface area contributed by atoms with E-state index in [2.05, 4.69) is 5.10 Å². The van der Waals surface area contributed by atoms with Gasteiger partial charge in [-0.25, -0.2) is 9.48 Å². The van der Waals surface area contributed by atoms with Gasteiger partial charge in [0.2, 0.25) is 5.91 Å². The Balaban J connectivity index is 1.55. The molecule has 0 radical (unpaired) electrons. The van der Waals surface area contributed by atoms with Crippen molar-refractivity contribution in [3.63, 3.8) is 0 Å². The topological polar surface area (TPSA) is 60.1 Å². The highest BCUT2D eigenvalue weighted by Gasteiger charge is 2.36. The van der Waals surface area contributed by atoms with Crippen LogP contribution in [0, 0.1) is 0 Å². The van der Waals surface area contributed by atoms with Gasteiger partial charge < -0.3 is 4.90 Å². The molecule has 0 bridgehead atoms. The van der Waals surface area contributed by atoms with Crippen molar-refractivity contribution >= 4 is 17.5 Å². The lowest BCUT2D eigenvalue weighted by Gasteiger charge is -2.29. The Labute approximate surface area is 163 Å². The van der Waals surface area contributed by atoms with Gasteiger partial charge in [0.25, 0.3) is 0 Å². The number of benzene rings is 1. The first kappa shape index (κ1) is 18.3. The fourth-order valence-electron chi connectivity index (χ4n) is 3.93. The Morgan fingerprint density at radius 1 is 1.26 bits per heavy atom. The fourth-order valence-corrected chi connectivity index (χ4v) is 4.05. The number of hydrogen-bond acceptors (Lipinski definition) is 3. The van der Waals surface area contributed by atoms with Crippen molar-refractivity contribution in [2.24, 2.45) is 0 Å². The molecule has 1 unspecified atom stereocenters. The smallest absolute Gasteiger partial charge is 0.331 e. The van der Waals surface area contributed by atoms with Crippen molar-refractivity contribution in [2.45, 2.75) is 70.6 Å². The standard InChI is InChI=1S/C20H25ClN4O2/c1-14(15-6-8-16(21)9-7-15)25(17-10-11-17)19(26)13-24-20(27)23-12-4-2-3-5-18(23)22-24/h6-9,14,17H,2-5,10-13H2,1H3. The summed E-state index contributed by atoms with van der Waals surface area (Å²) in [4.78, 5) is 27.7. The van der Waals surface area contributed by atoms with E-state index in [1.165, 1.54) is 4.68 Å². The van der Waals surface area contributed by atoms with Crippen molar-refractivity contribution < 1.29 is 4.79 Å². The van der Waals surface area contributed by atoms with Crippen LogP contribution < -0.4 is 5.69 Å². The first-order chi connectivity index (χ1) is 13.0. The van der Waals surface area contributed by atoms with E-state index in [0.717, 1.165) is 49.9 Å². The zero-order valence-corrected chi connectivity index (χ0v) is 16.4. The first-order valence-electron chi connectivity index (χ1n) is 9.78. The number of halogens is 1. The van der Waals surface area contributed by atoms with Crippen LogP contribution in [0.25, 0.3) is 0 Å². The van der Waals surface area contributed by atoms with Crippen LogP contribution in [-0.4, -0.2) is 31.2 Å². The van der Waals surface area contributed by atoms with Crippen molar-refractivity contribution in [3.05, 3.63) is 51.2 Å². The van der Waals surface area contributed by atoms with Crippen LogP contribution in [0.1, 0.15) is 56.5 Å². The summed E-state index contributed by atoms with van der Waals surface area (Å²) in [7, 11) is 0. The third-order valence-corrected chi connectivity index (χ3v) is 5.82. The van der Waals surface area contributed by atoms with Gasteiger partial charge in [-0.2, -0.15) is 5.10 Å². The minimum atomic E-state index is -0.157. The Morgan fingerprint density at radius 3 is 2.70 bits per heavy atom. The Bertz CT molecular complexity index is 882. The summed E-state index contributed by atoms with van der Waals surface area (Å²) >= 11 is 5.99. The lowest BCUT2D eigenvalue weighted by atomic mass is 10.1. The maximum atomic E-state index is 13.1. The summed E-state index contributed by atoms with van der Waals surface area (Å²) in [6.45, 7) is 2.74. The van der Waals surface area contributed by atoms with Crippen LogP contribution in [-0.2, 0) is 24.3 Å². The molecule has 1 fully saturated rings. The van der Waals surface area contributed by atoms with Gasteiger partial charge in [0.1, 0.15) is 12.4 Å². The maximum absolute atomic E-state index is 13.1. The number of rotatable bonds is 5. The molecule has 1 aliphatic carbocycles. The fraction of sp³-hybridized carbons (Fsp3) is 0.550. The van der Waals surface area contributed by atoms with Gasteiger partial charge in [-0.1, -0.05) is 30.2 Å². The highest BCUT2D eigenvalue weighted by molar-refractivity contribution is 6.30. The van der Waals surface area contributed by atoms with Gasteiger partial charge in [-0.3, -0.25) is 9.36 Å². The van der Waals surface area contributed by atoms with Crippen LogP contribution in [0.4, 0.5) is 0 Å². The minimum Gasteiger partial charge on any atom is -0.331 e. The van der Waals surface area contributed by atoms with Crippen LogP contribution in [0.5, 0.6) is 0 Å². The van der Waals surface area contributed by atoms with Crippen LogP contribution in [0.2, 0.25) is 5.02 Å². The third kappa shape index (κ3) is 3.81. The number of carbonyl (C=O) groups excluding carboxylic acids is 1. The average molecular weight is 389 g/mol. The van der Waals surface area contributed by atoms with E-state index in [4.69, 9.17) is 11.6 Å². The van der Waals surface area contributed by atoms with Gasteiger partial charge in [0.15, 0.2) is 0 Å². The summed E-state index contributed by atoms with van der Waals surface area (Å²) in [6, 6.07) is 7.80. The number of aryl methyl sites for hydroxylation is 1. The van der Waals surface area contributed by atoms with E-state index in [-0.39, 0.29) is 30.2 Å². The van der Waals surface area contributed by atoms with Gasteiger partial charge in [-0.05, 0) is 50.3 Å². The first-order valence-corrected chi connectivity index (χ1v) is 10.2. The molecule has 2 heterocycles. The predicted octanol–water partition coefficient (Wildman–Crippen LogP) is 3.18. The predicted molar refractivity (Wildman–Crippen MR) is 104 cm³/mol. The number of amides is 1. The average Bonchev–Trinajstić information content (AvgIpc) is 3.46. The molecule has 1 aromatic carbocycles. The molecule has 144 valence electrons. The SMILES string of the molecule is CC(c1ccc(Cl)cc1)N(C(=O)Cn1nc2n(c1=O)CCCCC2)C1CC1. The molecule has 4 rings (SSSR count). The summed E-state index contributed by atoms with van der Waals surface area (Å²) < 4.78 is 3.09. The zero-order valence-electron chi connectivity index (χ0n) is 15.6. The molecule has 1 aromatic heterocycles. The van der Waals surface area contributed by atoms with E-state index in [0.29, 0.717) is 11.6 Å². The molecule has 0 N–H and O–H groups in total.